The van der Waals surface area contributed by atoms with Crippen LogP contribution in [0.15, 0.2) is 24.3 Å². The van der Waals surface area contributed by atoms with E-state index in [4.69, 9.17) is 15.3 Å². The van der Waals surface area contributed by atoms with Gasteiger partial charge in [-0.05, 0) is 11.1 Å². The third kappa shape index (κ3) is 4.40. The van der Waals surface area contributed by atoms with Gasteiger partial charge in [-0.1, -0.05) is 24.3 Å². The predicted molar refractivity (Wildman–Crippen MR) is 57.2 cm³/mol. The highest BCUT2D eigenvalue weighted by Gasteiger charge is 2.00. The average Bonchev–Trinajstić information content (AvgIpc) is 2.29. The van der Waals surface area contributed by atoms with E-state index in [1.807, 2.05) is 24.3 Å². The van der Waals surface area contributed by atoms with Gasteiger partial charge in [-0.15, -0.1) is 0 Å². The molecule has 0 bridgehead atoms. The molecule has 0 saturated heterocycles. The Morgan fingerprint density at radius 1 is 1.20 bits per heavy atom. The van der Waals surface area contributed by atoms with Crippen molar-refractivity contribution in [3.63, 3.8) is 0 Å². The molecule has 84 valence electrons. The fourth-order valence-electron chi connectivity index (χ4n) is 1.29. The minimum Gasteiger partial charge on any atom is -0.394 e. The molecule has 0 aliphatic carbocycles. The fraction of sp³-hybridized carbons (Fsp3) is 0.455. The summed E-state index contributed by atoms with van der Waals surface area (Å²) in [5.41, 5.74) is 1.92. The lowest BCUT2D eigenvalue weighted by Crippen LogP contribution is -2.28. The van der Waals surface area contributed by atoms with Gasteiger partial charge in [0.2, 0.25) is 0 Å². The lowest BCUT2D eigenvalue weighted by atomic mass is 10.1. The number of aliphatic hydroxyl groups excluding tert-OH is 3. The molecule has 0 unspecified atom stereocenters. The lowest BCUT2D eigenvalue weighted by Gasteiger charge is -2.09. The van der Waals surface area contributed by atoms with E-state index in [-0.39, 0.29) is 13.2 Å². The molecule has 4 nitrogen and oxygen atoms in total. The summed E-state index contributed by atoms with van der Waals surface area (Å²) >= 11 is 0. The van der Waals surface area contributed by atoms with Gasteiger partial charge in [-0.3, -0.25) is 0 Å². The quantitative estimate of drug-likeness (QED) is 0.517. The van der Waals surface area contributed by atoms with Crippen LogP contribution in [-0.4, -0.2) is 34.6 Å². The zero-order valence-electron chi connectivity index (χ0n) is 8.56. The summed E-state index contributed by atoms with van der Waals surface area (Å²) in [6.07, 6.45) is -0.717. The molecule has 0 aliphatic rings. The molecule has 0 aliphatic heterocycles. The van der Waals surface area contributed by atoms with Crippen LogP contribution in [0.4, 0.5) is 0 Å². The highest BCUT2D eigenvalue weighted by molar-refractivity contribution is 5.22. The Morgan fingerprint density at radius 2 is 1.93 bits per heavy atom. The molecule has 0 amide bonds. The second kappa shape index (κ2) is 6.53. The van der Waals surface area contributed by atoms with Crippen LogP contribution in [0.1, 0.15) is 11.1 Å². The largest absolute Gasteiger partial charge is 0.394 e. The van der Waals surface area contributed by atoms with Gasteiger partial charge in [0.15, 0.2) is 0 Å². The minimum atomic E-state index is -0.717. The van der Waals surface area contributed by atoms with Crippen LogP contribution in [0, 0.1) is 0 Å². The highest BCUT2D eigenvalue weighted by atomic mass is 16.3. The van der Waals surface area contributed by atoms with E-state index in [1.54, 1.807) is 0 Å². The van der Waals surface area contributed by atoms with Crippen molar-refractivity contribution in [1.82, 2.24) is 5.32 Å². The lowest BCUT2D eigenvalue weighted by molar-refractivity contribution is 0.0942. The van der Waals surface area contributed by atoms with Gasteiger partial charge in [-0.2, -0.15) is 0 Å². The number of hydrogen-bond donors (Lipinski definition) is 4. The van der Waals surface area contributed by atoms with Crippen LogP contribution >= 0.6 is 0 Å². The van der Waals surface area contributed by atoms with Gasteiger partial charge in [0.1, 0.15) is 0 Å². The summed E-state index contributed by atoms with van der Waals surface area (Å²) in [6, 6.07) is 7.58. The first-order valence-corrected chi connectivity index (χ1v) is 4.94. The third-order valence-corrected chi connectivity index (χ3v) is 2.09. The van der Waals surface area contributed by atoms with E-state index in [9.17, 15) is 0 Å². The Labute approximate surface area is 89.2 Å². The summed E-state index contributed by atoms with van der Waals surface area (Å²) in [7, 11) is 0. The molecule has 0 aromatic heterocycles. The van der Waals surface area contributed by atoms with E-state index < -0.39 is 6.10 Å². The molecular formula is C11H17NO3. The minimum absolute atomic E-state index is 0.0348. The molecular weight excluding hydrogens is 194 g/mol. The van der Waals surface area contributed by atoms with Crippen molar-refractivity contribution in [3.8, 4) is 0 Å². The van der Waals surface area contributed by atoms with Crippen molar-refractivity contribution in [2.45, 2.75) is 19.3 Å². The van der Waals surface area contributed by atoms with Gasteiger partial charge in [0.25, 0.3) is 0 Å². The molecule has 15 heavy (non-hydrogen) atoms. The molecule has 0 fully saturated rings. The molecule has 1 atom stereocenters. The summed E-state index contributed by atoms with van der Waals surface area (Å²) in [4.78, 5) is 0. The van der Waals surface area contributed by atoms with Crippen molar-refractivity contribution in [3.05, 3.63) is 35.4 Å². The number of nitrogens with one attached hydrogen (secondary N) is 1. The maximum Gasteiger partial charge on any atom is 0.0895 e. The average molecular weight is 211 g/mol. The Morgan fingerprint density at radius 3 is 2.60 bits per heavy atom. The van der Waals surface area contributed by atoms with E-state index in [1.165, 1.54) is 0 Å². The third-order valence-electron chi connectivity index (χ3n) is 2.09. The molecule has 0 radical (unpaired) electrons. The molecule has 0 heterocycles. The molecule has 1 aromatic carbocycles. The molecule has 0 saturated carbocycles. The van der Waals surface area contributed by atoms with Crippen LogP contribution in [-0.2, 0) is 13.2 Å². The summed E-state index contributed by atoms with van der Waals surface area (Å²) in [5.74, 6) is 0. The van der Waals surface area contributed by atoms with Crippen LogP contribution in [0.3, 0.4) is 0 Å². The zero-order chi connectivity index (χ0) is 11.1. The van der Waals surface area contributed by atoms with Crippen LogP contribution in [0.2, 0.25) is 0 Å². The molecule has 4 heteroatoms. The molecule has 4 N–H and O–H groups in total. The maximum absolute atomic E-state index is 9.08. The Bertz CT molecular complexity index is 291. The molecule has 0 spiro atoms. The zero-order valence-corrected chi connectivity index (χ0v) is 8.56. The summed E-state index contributed by atoms with van der Waals surface area (Å²) in [5, 5.41) is 29.6. The molecule has 1 rings (SSSR count). The Kier molecular flexibility index (Phi) is 5.28. The van der Waals surface area contributed by atoms with Crippen LogP contribution < -0.4 is 5.32 Å². The number of aliphatic hydroxyl groups is 3. The summed E-state index contributed by atoms with van der Waals surface area (Å²) in [6.45, 7) is 0.779. The van der Waals surface area contributed by atoms with Gasteiger partial charge in [0, 0.05) is 13.1 Å². The van der Waals surface area contributed by atoms with Gasteiger partial charge < -0.3 is 20.6 Å². The van der Waals surface area contributed by atoms with E-state index in [0.29, 0.717) is 13.1 Å². The monoisotopic (exact) mass is 211 g/mol. The van der Waals surface area contributed by atoms with Crippen LogP contribution in [0.5, 0.6) is 0 Å². The smallest absolute Gasteiger partial charge is 0.0895 e. The van der Waals surface area contributed by atoms with Gasteiger partial charge in [-0.25, -0.2) is 0 Å². The van der Waals surface area contributed by atoms with E-state index in [0.717, 1.165) is 11.1 Å². The number of rotatable bonds is 6. The van der Waals surface area contributed by atoms with Crippen molar-refractivity contribution < 1.29 is 15.3 Å². The topological polar surface area (TPSA) is 72.7 Å². The number of benzene rings is 1. The highest BCUT2D eigenvalue weighted by Crippen LogP contribution is 2.04. The first-order valence-electron chi connectivity index (χ1n) is 4.94. The van der Waals surface area contributed by atoms with E-state index >= 15 is 0 Å². The SMILES string of the molecule is OCc1cccc(CNC[C@H](O)CO)c1. The fourth-order valence-corrected chi connectivity index (χ4v) is 1.29. The first kappa shape index (κ1) is 12.1. The van der Waals surface area contributed by atoms with Gasteiger partial charge in [0.05, 0.1) is 19.3 Å². The summed E-state index contributed by atoms with van der Waals surface area (Å²) < 4.78 is 0. The standard InChI is InChI=1S/C11H17NO3/c13-7-10-3-1-2-9(4-10)5-12-6-11(15)8-14/h1-4,11-15H,5-8H2/t11-/m0/s1. The normalized spacial score (nSPS) is 12.7. The van der Waals surface area contributed by atoms with Crippen molar-refractivity contribution in [2.24, 2.45) is 0 Å². The van der Waals surface area contributed by atoms with Crippen molar-refractivity contribution in [1.29, 1.82) is 0 Å². The second-order valence-corrected chi connectivity index (χ2v) is 3.45. The first-order chi connectivity index (χ1) is 7.26. The van der Waals surface area contributed by atoms with Gasteiger partial charge >= 0.3 is 0 Å². The van der Waals surface area contributed by atoms with Crippen molar-refractivity contribution in [2.75, 3.05) is 13.2 Å². The molecule has 1 aromatic rings. The van der Waals surface area contributed by atoms with E-state index in [2.05, 4.69) is 5.32 Å². The predicted octanol–water partition coefficient (Wildman–Crippen LogP) is -0.378. The Hall–Kier alpha value is -0.940. The number of hydrogen-bond acceptors (Lipinski definition) is 4. The maximum atomic E-state index is 9.08. The van der Waals surface area contributed by atoms with Crippen molar-refractivity contribution >= 4 is 0 Å². The van der Waals surface area contributed by atoms with Crippen LogP contribution in [0.25, 0.3) is 0 Å². The Balaban J connectivity index is 2.37. The second-order valence-electron chi connectivity index (χ2n) is 3.45.